The van der Waals surface area contributed by atoms with Crippen LogP contribution in [-0.4, -0.2) is 42.3 Å². The zero-order valence-corrected chi connectivity index (χ0v) is 16.5. The summed E-state index contributed by atoms with van der Waals surface area (Å²) in [4.78, 5) is 29.2. The summed E-state index contributed by atoms with van der Waals surface area (Å²) in [6, 6.07) is 15.6. The fourth-order valence-corrected chi connectivity index (χ4v) is 3.96. The molecule has 2 aromatic rings. The van der Waals surface area contributed by atoms with E-state index in [9.17, 15) is 14.0 Å². The van der Waals surface area contributed by atoms with E-state index in [1.807, 2.05) is 42.2 Å². The minimum absolute atomic E-state index is 0.00444. The average Bonchev–Trinajstić information content (AvgIpc) is 2.71. The van der Waals surface area contributed by atoms with E-state index in [1.54, 1.807) is 0 Å². The van der Waals surface area contributed by atoms with Crippen LogP contribution >= 0.6 is 0 Å². The van der Waals surface area contributed by atoms with Crippen LogP contribution < -0.4 is 4.90 Å². The second-order valence-corrected chi connectivity index (χ2v) is 7.45. The van der Waals surface area contributed by atoms with Crippen LogP contribution in [-0.2, 0) is 4.79 Å². The number of carbonyl (C=O) groups excluding carboxylic acids is 2. The van der Waals surface area contributed by atoms with Crippen molar-refractivity contribution >= 4 is 17.4 Å². The molecule has 1 aliphatic rings. The standard InChI is InChI=1S/C23H27FN2O2/c1-3-23(28)26(20-7-5-4-6-8-20)21-13-14-25(15-17(21)2)16-22(27)18-9-11-19(24)12-10-18/h4-12,17,21H,3,13-16H2,1-2H3/t17-,21+/m0/s1. The maximum absolute atomic E-state index is 13.1. The number of carbonyl (C=O) groups is 2. The van der Waals surface area contributed by atoms with E-state index < -0.39 is 0 Å². The molecule has 1 heterocycles. The normalized spacial score (nSPS) is 20.0. The minimum atomic E-state index is -0.340. The summed E-state index contributed by atoms with van der Waals surface area (Å²) >= 11 is 0. The first-order chi connectivity index (χ1) is 13.5. The second kappa shape index (κ2) is 9.11. The SMILES string of the molecule is CCC(=O)N(c1ccccc1)[C@@H]1CCN(CC(=O)c2ccc(F)cc2)C[C@@H]1C. The van der Waals surface area contributed by atoms with E-state index >= 15 is 0 Å². The second-order valence-electron chi connectivity index (χ2n) is 7.45. The van der Waals surface area contributed by atoms with Gasteiger partial charge in [-0.05, 0) is 48.7 Å². The summed E-state index contributed by atoms with van der Waals surface area (Å²) in [5.41, 5.74) is 1.46. The van der Waals surface area contributed by atoms with Gasteiger partial charge in [-0.1, -0.05) is 32.0 Å². The Labute approximate surface area is 166 Å². The Morgan fingerprint density at radius 2 is 1.79 bits per heavy atom. The number of nitrogens with zero attached hydrogens (tertiary/aromatic N) is 2. The van der Waals surface area contributed by atoms with E-state index in [1.165, 1.54) is 24.3 Å². The monoisotopic (exact) mass is 382 g/mol. The molecule has 1 amide bonds. The van der Waals surface area contributed by atoms with Gasteiger partial charge in [0.05, 0.1) is 6.54 Å². The lowest BCUT2D eigenvalue weighted by atomic mass is 9.91. The highest BCUT2D eigenvalue weighted by Crippen LogP contribution is 2.28. The molecule has 4 nitrogen and oxygen atoms in total. The quantitative estimate of drug-likeness (QED) is 0.705. The maximum atomic E-state index is 13.1. The van der Waals surface area contributed by atoms with E-state index in [0.717, 1.165) is 25.2 Å². The highest BCUT2D eigenvalue weighted by Gasteiger charge is 2.34. The fourth-order valence-electron chi connectivity index (χ4n) is 3.96. The summed E-state index contributed by atoms with van der Waals surface area (Å²) in [7, 11) is 0. The van der Waals surface area contributed by atoms with E-state index in [-0.39, 0.29) is 29.5 Å². The summed E-state index contributed by atoms with van der Waals surface area (Å²) < 4.78 is 13.1. The molecule has 0 aromatic heterocycles. The fraction of sp³-hybridized carbons (Fsp3) is 0.391. The van der Waals surface area contributed by atoms with Gasteiger partial charge in [-0.3, -0.25) is 14.5 Å². The molecule has 2 aromatic carbocycles. The van der Waals surface area contributed by atoms with Gasteiger partial charge in [-0.25, -0.2) is 4.39 Å². The lowest BCUT2D eigenvalue weighted by Crippen LogP contribution is -2.53. The molecule has 148 valence electrons. The summed E-state index contributed by atoms with van der Waals surface area (Å²) in [6.45, 7) is 5.84. The van der Waals surface area contributed by atoms with Crippen molar-refractivity contribution in [1.82, 2.24) is 4.90 Å². The molecule has 2 atom stereocenters. The predicted octanol–water partition coefficient (Wildman–Crippen LogP) is 4.16. The number of benzene rings is 2. The van der Waals surface area contributed by atoms with Crippen molar-refractivity contribution < 1.29 is 14.0 Å². The Morgan fingerprint density at radius 3 is 2.39 bits per heavy atom. The van der Waals surface area contributed by atoms with Crippen molar-refractivity contribution in [2.45, 2.75) is 32.7 Å². The molecule has 0 radical (unpaired) electrons. The molecule has 0 aliphatic carbocycles. The molecule has 1 fully saturated rings. The average molecular weight is 382 g/mol. The molecule has 5 heteroatoms. The third-order valence-electron chi connectivity index (χ3n) is 5.41. The smallest absolute Gasteiger partial charge is 0.226 e. The number of hydrogen-bond acceptors (Lipinski definition) is 3. The van der Waals surface area contributed by atoms with Gasteiger partial charge in [-0.2, -0.15) is 0 Å². The Balaban J connectivity index is 1.67. The number of Topliss-reactive ketones (excluding diaryl/α,β-unsaturated/α-hetero) is 1. The van der Waals surface area contributed by atoms with Crippen LogP contribution in [0, 0.1) is 11.7 Å². The zero-order valence-electron chi connectivity index (χ0n) is 16.5. The lowest BCUT2D eigenvalue weighted by Gasteiger charge is -2.42. The van der Waals surface area contributed by atoms with Gasteiger partial charge in [0.25, 0.3) is 0 Å². The number of piperidine rings is 1. The summed E-state index contributed by atoms with van der Waals surface area (Å²) in [5.74, 6) is 0.0205. The number of rotatable bonds is 6. The van der Waals surface area contributed by atoms with Crippen LogP contribution in [0.2, 0.25) is 0 Å². The molecule has 0 spiro atoms. The molecule has 1 saturated heterocycles. The number of halogens is 1. The number of hydrogen-bond donors (Lipinski definition) is 0. The van der Waals surface area contributed by atoms with Crippen molar-refractivity contribution in [2.24, 2.45) is 5.92 Å². The molecular formula is C23H27FN2O2. The van der Waals surface area contributed by atoms with Crippen molar-refractivity contribution in [3.05, 3.63) is 66.0 Å². The van der Waals surface area contributed by atoms with E-state index in [2.05, 4.69) is 11.8 Å². The van der Waals surface area contributed by atoms with Crippen LogP contribution in [0.3, 0.4) is 0 Å². The van der Waals surface area contributed by atoms with Crippen LogP contribution in [0.5, 0.6) is 0 Å². The number of anilines is 1. The van der Waals surface area contributed by atoms with Crippen LogP contribution in [0.4, 0.5) is 10.1 Å². The molecule has 0 saturated carbocycles. The Morgan fingerprint density at radius 1 is 1.11 bits per heavy atom. The van der Waals surface area contributed by atoms with Crippen LogP contribution in [0.15, 0.2) is 54.6 Å². The number of ketones is 1. The molecule has 28 heavy (non-hydrogen) atoms. The maximum Gasteiger partial charge on any atom is 0.226 e. The zero-order chi connectivity index (χ0) is 20.1. The van der Waals surface area contributed by atoms with Crippen molar-refractivity contribution in [3.8, 4) is 0 Å². The van der Waals surface area contributed by atoms with Gasteiger partial charge in [0, 0.05) is 36.8 Å². The molecule has 3 rings (SSSR count). The van der Waals surface area contributed by atoms with E-state index in [4.69, 9.17) is 0 Å². The lowest BCUT2D eigenvalue weighted by molar-refractivity contribution is -0.119. The molecule has 0 bridgehead atoms. The Bertz CT molecular complexity index is 807. The summed E-state index contributed by atoms with van der Waals surface area (Å²) in [6.07, 6.45) is 1.28. The van der Waals surface area contributed by atoms with Crippen LogP contribution in [0.1, 0.15) is 37.0 Å². The topological polar surface area (TPSA) is 40.6 Å². The first-order valence-corrected chi connectivity index (χ1v) is 9.87. The van der Waals surface area contributed by atoms with Gasteiger partial charge < -0.3 is 4.90 Å². The predicted molar refractivity (Wildman–Crippen MR) is 109 cm³/mol. The molecule has 0 N–H and O–H groups in total. The van der Waals surface area contributed by atoms with Crippen molar-refractivity contribution in [2.75, 3.05) is 24.5 Å². The summed E-state index contributed by atoms with van der Waals surface area (Å²) in [5, 5.41) is 0. The molecule has 0 unspecified atom stereocenters. The Hall–Kier alpha value is -2.53. The third-order valence-corrected chi connectivity index (χ3v) is 5.41. The first kappa shape index (κ1) is 20.2. The number of likely N-dealkylation sites (tertiary alicyclic amines) is 1. The van der Waals surface area contributed by atoms with Gasteiger partial charge in [0.2, 0.25) is 5.91 Å². The van der Waals surface area contributed by atoms with Gasteiger partial charge in [-0.15, -0.1) is 0 Å². The van der Waals surface area contributed by atoms with Gasteiger partial charge >= 0.3 is 0 Å². The van der Waals surface area contributed by atoms with Gasteiger partial charge in [0.1, 0.15) is 5.82 Å². The number of para-hydroxylation sites is 1. The minimum Gasteiger partial charge on any atom is -0.309 e. The first-order valence-electron chi connectivity index (χ1n) is 9.87. The van der Waals surface area contributed by atoms with Crippen molar-refractivity contribution in [3.63, 3.8) is 0 Å². The van der Waals surface area contributed by atoms with Crippen LogP contribution in [0.25, 0.3) is 0 Å². The Kier molecular flexibility index (Phi) is 6.57. The van der Waals surface area contributed by atoms with Crippen molar-refractivity contribution in [1.29, 1.82) is 0 Å². The number of amides is 1. The highest BCUT2D eigenvalue weighted by atomic mass is 19.1. The molecular weight excluding hydrogens is 355 g/mol. The third kappa shape index (κ3) is 4.65. The highest BCUT2D eigenvalue weighted by molar-refractivity contribution is 5.97. The van der Waals surface area contributed by atoms with E-state index in [0.29, 0.717) is 18.5 Å². The largest absolute Gasteiger partial charge is 0.309 e. The molecule has 1 aliphatic heterocycles. The van der Waals surface area contributed by atoms with Gasteiger partial charge in [0.15, 0.2) is 5.78 Å².